The van der Waals surface area contributed by atoms with Gasteiger partial charge in [0.15, 0.2) is 6.61 Å². The zero-order chi connectivity index (χ0) is 19.6. The molecule has 144 valence electrons. The Kier molecular flexibility index (Phi) is 5.70. The fourth-order valence-corrected chi connectivity index (χ4v) is 3.33. The van der Waals surface area contributed by atoms with E-state index in [9.17, 15) is 18.4 Å². The molecule has 2 aromatic rings. The topological polar surface area (TPSA) is 57.5 Å². The molecule has 0 bridgehead atoms. The van der Waals surface area contributed by atoms with Gasteiger partial charge in [0.2, 0.25) is 5.78 Å². The SMILES string of the molecule is Cc1cc(C(=O)COC(=O)c2c(F)cccc2F)c(C)n1C[C@H]1CCCO1. The Hall–Kier alpha value is -2.54. The number of Topliss-reactive ketones (excluding diaryl/α,β-unsaturated/α-hetero) is 1. The van der Waals surface area contributed by atoms with Crippen molar-refractivity contribution in [3.8, 4) is 0 Å². The van der Waals surface area contributed by atoms with Gasteiger partial charge in [0, 0.05) is 30.1 Å². The number of ketones is 1. The first-order valence-electron chi connectivity index (χ1n) is 8.81. The first-order valence-corrected chi connectivity index (χ1v) is 8.81. The van der Waals surface area contributed by atoms with E-state index in [0.717, 1.165) is 49.0 Å². The van der Waals surface area contributed by atoms with E-state index in [4.69, 9.17) is 9.47 Å². The van der Waals surface area contributed by atoms with Crippen molar-refractivity contribution in [2.24, 2.45) is 0 Å². The van der Waals surface area contributed by atoms with Crippen molar-refractivity contribution in [1.29, 1.82) is 0 Å². The van der Waals surface area contributed by atoms with Crippen LogP contribution in [0.4, 0.5) is 8.78 Å². The van der Waals surface area contributed by atoms with Gasteiger partial charge in [-0.3, -0.25) is 4.79 Å². The monoisotopic (exact) mass is 377 g/mol. The number of aromatic nitrogens is 1. The molecule has 1 aromatic heterocycles. The molecule has 0 unspecified atom stereocenters. The Balaban J connectivity index is 1.68. The van der Waals surface area contributed by atoms with Crippen LogP contribution >= 0.6 is 0 Å². The minimum absolute atomic E-state index is 0.125. The smallest absolute Gasteiger partial charge is 0.344 e. The van der Waals surface area contributed by atoms with Gasteiger partial charge >= 0.3 is 5.97 Å². The Bertz CT molecular complexity index is 849. The van der Waals surface area contributed by atoms with Crippen molar-refractivity contribution < 1.29 is 27.8 Å². The summed E-state index contributed by atoms with van der Waals surface area (Å²) in [5.41, 5.74) is 1.28. The van der Waals surface area contributed by atoms with Gasteiger partial charge in [-0.2, -0.15) is 0 Å². The average molecular weight is 377 g/mol. The van der Waals surface area contributed by atoms with Crippen LogP contribution in [-0.4, -0.2) is 35.6 Å². The number of hydrogen-bond acceptors (Lipinski definition) is 4. The van der Waals surface area contributed by atoms with Crippen molar-refractivity contribution in [2.75, 3.05) is 13.2 Å². The molecule has 2 heterocycles. The fraction of sp³-hybridized carbons (Fsp3) is 0.400. The molecule has 5 nitrogen and oxygen atoms in total. The normalized spacial score (nSPS) is 16.5. The highest BCUT2D eigenvalue weighted by Crippen LogP contribution is 2.21. The molecule has 0 N–H and O–H groups in total. The minimum atomic E-state index is -1.20. The number of hydrogen-bond donors (Lipinski definition) is 0. The highest BCUT2D eigenvalue weighted by molar-refractivity contribution is 6.00. The standard InChI is InChI=1S/C20H21F2NO4/c1-12-9-15(13(2)23(12)10-14-5-4-8-26-14)18(24)11-27-20(25)19-16(21)6-3-7-17(19)22/h3,6-7,9,14H,4-5,8,10-11H2,1-2H3/t14-/m1/s1. The number of aryl methyl sites for hydroxylation is 1. The van der Waals surface area contributed by atoms with Gasteiger partial charge in [-0.15, -0.1) is 0 Å². The van der Waals surface area contributed by atoms with E-state index in [2.05, 4.69) is 0 Å². The summed E-state index contributed by atoms with van der Waals surface area (Å²) in [5, 5.41) is 0. The van der Waals surface area contributed by atoms with Crippen LogP contribution in [0.25, 0.3) is 0 Å². The van der Waals surface area contributed by atoms with Gasteiger partial charge in [0.1, 0.15) is 17.2 Å². The maximum Gasteiger partial charge on any atom is 0.344 e. The Labute approximate surface area is 155 Å². The summed E-state index contributed by atoms with van der Waals surface area (Å²) in [6.07, 6.45) is 2.13. The molecular formula is C20H21F2NO4. The molecule has 7 heteroatoms. The summed E-state index contributed by atoms with van der Waals surface area (Å²) in [7, 11) is 0. The second-order valence-corrected chi connectivity index (χ2v) is 6.63. The van der Waals surface area contributed by atoms with Gasteiger partial charge in [-0.1, -0.05) is 6.07 Å². The minimum Gasteiger partial charge on any atom is -0.454 e. The van der Waals surface area contributed by atoms with Gasteiger partial charge in [0.25, 0.3) is 0 Å². The first-order chi connectivity index (χ1) is 12.9. The highest BCUT2D eigenvalue weighted by Gasteiger charge is 2.23. The number of carbonyl (C=O) groups is 2. The predicted octanol–water partition coefficient (Wildman–Crippen LogP) is 3.60. The van der Waals surface area contributed by atoms with Crippen molar-refractivity contribution >= 4 is 11.8 Å². The van der Waals surface area contributed by atoms with E-state index in [1.807, 2.05) is 18.4 Å². The lowest BCUT2D eigenvalue weighted by molar-refractivity contribution is 0.0465. The predicted molar refractivity (Wildman–Crippen MR) is 93.9 cm³/mol. The van der Waals surface area contributed by atoms with Gasteiger partial charge in [0.05, 0.1) is 6.10 Å². The van der Waals surface area contributed by atoms with Crippen LogP contribution in [0, 0.1) is 25.5 Å². The number of nitrogens with zero attached hydrogens (tertiary/aromatic N) is 1. The third-order valence-corrected chi connectivity index (χ3v) is 4.79. The number of esters is 1. The van der Waals surface area contributed by atoms with E-state index in [1.54, 1.807) is 6.07 Å². The van der Waals surface area contributed by atoms with Crippen LogP contribution in [0.1, 0.15) is 44.9 Å². The third kappa shape index (κ3) is 4.08. The van der Waals surface area contributed by atoms with Gasteiger partial charge in [-0.25, -0.2) is 13.6 Å². The molecule has 1 aliphatic heterocycles. The Morgan fingerprint density at radius 1 is 1.26 bits per heavy atom. The van der Waals surface area contributed by atoms with Crippen molar-refractivity contribution in [3.05, 3.63) is 58.4 Å². The molecule has 0 aliphatic carbocycles. The largest absolute Gasteiger partial charge is 0.454 e. The lowest BCUT2D eigenvalue weighted by Gasteiger charge is -2.14. The molecular weight excluding hydrogens is 356 g/mol. The van der Waals surface area contributed by atoms with Gasteiger partial charge in [-0.05, 0) is 44.9 Å². The molecule has 0 saturated carbocycles. The third-order valence-electron chi connectivity index (χ3n) is 4.79. The molecule has 0 spiro atoms. The maximum absolute atomic E-state index is 13.6. The zero-order valence-corrected chi connectivity index (χ0v) is 15.3. The summed E-state index contributed by atoms with van der Waals surface area (Å²) < 4.78 is 39.7. The molecule has 1 aromatic carbocycles. The molecule has 1 fully saturated rings. The number of benzene rings is 1. The Morgan fingerprint density at radius 2 is 1.96 bits per heavy atom. The van der Waals surface area contributed by atoms with Crippen molar-refractivity contribution in [1.82, 2.24) is 4.57 Å². The lowest BCUT2D eigenvalue weighted by Crippen LogP contribution is -2.19. The summed E-state index contributed by atoms with van der Waals surface area (Å²) in [4.78, 5) is 24.4. The summed E-state index contributed by atoms with van der Waals surface area (Å²) >= 11 is 0. The van der Waals surface area contributed by atoms with Crippen LogP contribution in [0.2, 0.25) is 0 Å². The van der Waals surface area contributed by atoms with E-state index in [-0.39, 0.29) is 6.10 Å². The van der Waals surface area contributed by atoms with E-state index < -0.39 is 35.6 Å². The van der Waals surface area contributed by atoms with E-state index in [1.165, 1.54) is 0 Å². The number of rotatable bonds is 6. The molecule has 1 aliphatic rings. The molecule has 3 rings (SSSR count). The second-order valence-electron chi connectivity index (χ2n) is 6.63. The fourth-order valence-electron chi connectivity index (χ4n) is 3.33. The summed E-state index contributed by atoms with van der Waals surface area (Å²) in [5.74, 6) is -3.68. The van der Waals surface area contributed by atoms with E-state index >= 15 is 0 Å². The Morgan fingerprint density at radius 3 is 2.59 bits per heavy atom. The van der Waals surface area contributed by atoms with Crippen molar-refractivity contribution in [3.63, 3.8) is 0 Å². The molecule has 1 atom stereocenters. The highest BCUT2D eigenvalue weighted by atomic mass is 19.1. The van der Waals surface area contributed by atoms with Gasteiger partial charge < -0.3 is 14.0 Å². The first kappa shape index (κ1) is 19.2. The zero-order valence-electron chi connectivity index (χ0n) is 15.3. The van der Waals surface area contributed by atoms with E-state index in [0.29, 0.717) is 12.1 Å². The lowest BCUT2D eigenvalue weighted by atomic mass is 10.1. The van der Waals surface area contributed by atoms with Crippen LogP contribution in [0.5, 0.6) is 0 Å². The van der Waals surface area contributed by atoms with Crippen molar-refractivity contribution in [2.45, 2.75) is 39.3 Å². The van der Waals surface area contributed by atoms with Crippen LogP contribution in [-0.2, 0) is 16.0 Å². The van der Waals surface area contributed by atoms with Crippen LogP contribution in [0.15, 0.2) is 24.3 Å². The summed E-state index contributed by atoms with van der Waals surface area (Å²) in [6, 6.07) is 4.79. The number of halogens is 2. The number of ether oxygens (including phenoxy) is 2. The maximum atomic E-state index is 13.6. The molecule has 0 amide bonds. The molecule has 27 heavy (non-hydrogen) atoms. The molecule has 0 radical (unpaired) electrons. The summed E-state index contributed by atoms with van der Waals surface area (Å²) in [6.45, 7) is 4.52. The quantitative estimate of drug-likeness (QED) is 0.570. The second kappa shape index (κ2) is 8.00. The average Bonchev–Trinajstić information content (AvgIpc) is 3.23. The number of carbonyl (C=O) groups excluding carboxylic acids is 2. The molecule has 1 saturated heterocycles. The van der Waals surface area contributed by atoms with Crippen LogP contribution in [0.3, 0.4) is 0 Å². The van der Waals surface area contributed by atoms with Crippen LogP contribution < -0.4 is 0 Å².